The quantitative estimate of drug-likeness (QED) is 0.816. The van der Waals surface area contributed by atoms with E-state index in [2.05, 4.69) is 49.4 Å². The summed E-state index contributed by atoms with van der Waals surface area (Å²) < 4.78 is 0. The Kier molecular flexibility index (Phi) is 4.16. The zero-order chi connectivity index (χ0) is 12.1. The van der Waals surface area contributed by atoms with Crippen molar-refractivity contribution in [1.29, 1.82) is 0 Å². The van der Waals surface area contributed by atoms with E-state index in [0.717, 1.165) is 19.3 Å². The second kappa shape index (κ2) is 5.83. The van der Waals surface area contributed by atoms with E-state index in [4.69, 9.17) is 0 Å². The predicted molar refractivity (Wildman–Crippen MR) is 73.3 cm³/mol. The highest BCUT2D eigenvalue weighted by molar-refractivity contribution is 5.86. The average molecular weight is 228 g/mol. The van der Waals surface area contributed by atoms with Gasteiger partial charge >= 0.3 is 0 Å². The first-order valence-electron chi connectivity index (χ1n) is 6.45. The molecule has 1 N–H and O–H groups in total. The third-order valence-electron chi connectivity index (χ3n) is 3.38. The second-order valence-corrected chi connectivity index (χ2v) is 4.57. The molecule has 0 saturated carbocycles. The largest absolute Gasteiger partial charge is 0.396 e. The molecule has 0 radical (unpaired) electrons. The Morgan fingerprint density at radius 1 is 1.00 bits per heavy atom. The monoisotopic (exact) mass is 228 g/mol. The minimum atomic E-state index is 0.272. The molecule has 1 heteroatoms. The molecular weight excluding hydrogens is 208 g/mol. The van der Waals surface area contributed by atoms with Crippen LogP contribution in [0, 0.1) is 0 Å². The van der Waals surface area contributed by atoms with Crippen LogP contribution in [-0.2, 0) is 0 Å². The van der Waals surface area contributed by atoms with Crippen molar-refractivity contribution in [2.45, 2.75) is 32.1 Å². The fraction of sp³-hybridized carbons (Fsp3) is 0.375. The van der Waals surface area contributed by atoms with Crippen LogP contribution in [0.1, 0.15) is 37.7 Å². The third kappa shape index (κ3) is 2.67. The molecule has 0 amide bonds. The van der Waals surface area contributed by atoms with Crippen molar-refractivity contribution >= 4 is 10.8 Å². The van der Waals surface area contributed by atoms with Gasteiger partial charge in [-0.3, -0.25) is 0 Å². The molecule has 0 saturated heterocycles. The molecule has 17 heavy (non-hydrogen) atoms. The van der Waals surface area contributed by atoms with Gasteiger partial charge in [0.1, 0.15) is 0 Å². The lowest BCUT2D eigenvalue weighted by atomic mass is 9.88. The van der Waals surface area contributed by atoms with Gasteiger partial charge in [0.2, 0.25) is 0 Å². The van der Waals surface area contributed by atoms with Crippen LogP contribution < -0.4 is 0 Å². The van der Waals surface area contributed by atoms with Crippen LogP contribution in [0.5, 0.6) is 0 Å². The maximum absolute atomic E-state index is 9.20. The molecule has 0 aliphatic heterocycles. The van der Waals surface area contributed by atoms with E-state index < -0.39 is 0 Å². The normalized spacial score (nSPS) is 12.8. The summed E-state index contributed by atoms with van der Waals surface area (Å²) in [5.41, 5.74) is 1.39. The van der Waals surface area contributed by atoms with Crippen molar-refractivity contribution in [3.8, 4) is 0 Å². The van der Waals surface area contributed by atoms with Crippen LogP contribution in [0.25, 0.3) is 10.8 Å². The van der Waals surface area contributed by atoms with Crippen LogP contribution in [0.15, 0.2) is 42.5 Å². The summed E-state index contributed by atoms with van der Waals surface area (Å²) >= 11 is 0. The molecule has 0 aromatic heterocycles. The van der Waals surface area contributed by atoms with Crippen LogP contribution in [0.3, 0.4) is 0 Å². The van der Waals surface area contributed by atoms with Crippen molar-refractivity contribution in [2.75, 3.05) is 6.61 Å². The molecule has 2 aromatic carbocycles. The van der Waals surface area contributed by atoms with Gasteiger partial charge in [-0.05, 0) is 35.1 Å². The Hall–Kier alpha value is -1.34. The first kappa shape index (κ1) is 12.1. The number of hydrogen-bond donors (Lipinski definition) is 1. The molecular formula is C16H20O. The summed E-state index contributed by atoms with van der Waals surface area (Å²) in [5, 5.41) is 11.8. The average Bonchev–Trinajstić information content (AvgIpc) is 2.38. The second-order valence-electron chi connectivity index (χ2n) is 4.57. The van der Waals surface area contributed by atoms with E-state index >= 15 is 0 Å². The topological polar surface area (TPSA) is 20.2 Å². The van der Waals surface area contributed by atoms with E-state index in [-0.39, 0.29) is 6.61 Å². The lowest BCUT2D eigenvalue weighted by Gasteiger charge is -2.17. The molecule has 1 nitrogen and oxygen atoms in total. The van der Waals surface area contributed by atoms with Gasteiger partial charge in [0.25, 0.3) is 0 Å². The van der Waals surface area contributed by atoms with Gasteiger partial charge in [-0.25, -0.2) is 0 Å². The fourth-order valence-corrected chi connectivity index (χ4v) is 2.57. The van der Waals surface area contributed by atoms with E-state index in [1.807, 2.05) is 0 Å². The van der Waals surface area contributed by atoms with Crippen LogP contribution >= 0.6 is 0 Å². The first-order chi connectivity index (χ1) is 8.36. The molecule has 1 atom stereocenters. The Labute approximate surface area is 103 Å². The zero-order valence-electron chi connectivity index (χ0n) is 10.4. The molecule has 0 aliphatic carbocycles. The fourth-order valence-electron chi connectivity index (χ4n) is 2.57. The maximum atomic E-state index is 9.20. The van der Waals surface area contributed by atoms with Crippen molar-refractivity contribution in [3.05, 3.63) is 48.0 Å². The molecule has 0 bridgehead atoms. The summed E-state index contributed by atoms with van der Waals surface area (Å²) in [6, 6.07) is 15.0. The lowest BCUT2D eigenvalue weighted by Crippen LogP contribution is -2.02. The molecule has 2 aromatic rings. The smallest absolute Gasteiger partial charge is 0.0436 e. The van der Waals surface area contributed by atoms with Crippen LogP contribution in [-0.4, -0.2) is 11.7 Å². The Morgan fingerprint density at radius 3 is 2.53 bits per heavy atom. The van der Waals surface area contributed by atoms with Crippen molar-refractivity contribution in [2.24, 2.45) is 0 Å². The van der Waals surface area contributed by atoms with Gasteiger partial charge < -0.3 is 5.11 Å². The molecule has 0 heterocycles. The minimum absolute atomic E-state index is 0.272. The summed E-state index contributed by atoms with van der Waals surface area (Å²) in [4.78, 5) is 0. The van der Waals surface area contributed by atoms with Crippen molar-refractivity contribution < 1.29 is 5.11 Å². The van der Waals surface area contributed by atoms with Gasteiger partial charge in [-0.1, -0.05) is 55.8 Å². The van der Waals surface area contributed by atoms with Gasteiger partial charge in [-0.2, -0.15) is 0 Å². The van der Waals surface area contributed by atoms with E-state index in [9.17, 15) is 5.11 Å². The van der Waals surface area contributed by atoms with Crippen LogP contribution in [0.2, 0.25) is 0 Å². The molecule has 2 rings (SSSR count). The number of fused-ring (bicyclic) bond motifs is 1. The molecule has 90 valence electrons. The molecule has 0 spiro atoms. The minimum Gasteiger partial charge on any atom is -0.396 e. The first-order valence-corrected chi connectivity index (χ1v) is 6.45. The Morgan fingerprint density at radius 2 is 1.76 bits per heavy atom. The van der Waals surface area contributed by atoms with E-state index in [1.54, 1.807) is 0 Å². The molecule has 0 aliphatic rings. The Bertz CT molecular complexity index is 464. The van der Waals surface area contributed by atoms with Gasteiger partial charge in [0, 0.05) is 6.61 Å². The summed E-state index contributed by atoms with van der Waals surface area (Å²) in [6.45, 7) is 2.48. The van der Waals surface area contributed by atoms with E-state index in [0.29, 0.717) is 5.92 Å². The lowest BCUT2D eigenvalue weighted by molar-refractivity contribution is 0.272. The molecule has 1 unspecified atom stereocenters. The number of aliphatic hydroxyl groups is 1. The number of hydrogen-bond acceptors (Lipinski definition) is 1. The summed E-state index contributed by atoms with van der Waals surface area (Å²) in [7, 11) is 0. The Balaban J connectivity index is 2.44. The summed E-state index contributed by atoms with van der Waals surface area (Å²) in [5.74, 6) is 0.482. The van der Waals surface area contributed by atoms with Crippen molar-refractivity contribution in [1.82, 2.24) is 0 Å². The standard InChI is InChI=1S/C16H20O/c1-2-6-13(11-12-17)16-10-5-8-14-7-3-4-9-15(14)16/h3-5,7-10,13,17H,2,6,11-12H2,1H3. The number of aliphatic hydroxyl groups excluding tert-OH is 1. The van der Waals surface area contributed by atoms with Gasteiger partial charge in [0.15, 0.2) is 0 Å². The maximum Gasteiger partial charge on any atom is 0.0436 e. The van der Waals surface area contributed by atoms with Crippen molar-refractivity contribution in [3.63, 3.8) is 0 Å². The molecule has 0 fully saturated rings. The zero-order valence-corrected chi connectivity index (χ0v) is 10.4. The highest BCUT2D eigenvalue weighted by Crippen LogP contribution is 2.30. The number of rotatable bonds is 5. The summed E-state index contributed by atoms with van der Waals surface area (Å²) in [6.07, 6.45) is 3.17. The SMILES string of the molecule is CCCC(CCO)c1cccc2ccccc12. The predicted octanol–water partition coefficient (Wildman–Crippen LogP) is 4.11. The van der Waals surface area contributed by atoms with E-state index in [1.165, 1.54) is 16.3 Å². The van der Waals surface area contributed by atoms with Gasteiger partial charge in [-0.15, -0.1) is 0 Å². The highest BCUT2D eigenvalue weighted by Gasteiger charge is 2.12. The third-order valence-corrected chi connectivity index (χ3v) is 3.38. The van der Waals surface area contributed by atoms with Gasteiger partial charge in [0.05, 0.1) is 0 Å². The number of benzene rings is 2. The van der Waals surface area contributed by atoms with Crippen LogP contribution in [0.4, 0.5) is 0 Å². The highest BCUT2D eigenvalue weighted by atomic mass is 16.3.